The number of hydrogen-bond donors (Lipinski definition) is 0. The first kappa shape index (κ1) is 17.2. The second kappa shape index (κ2) is 6.50. The standard InChI is InChI=1S/C19H22ClN5O/c1-11-6-22-17(7-21-11)24-5-4-14(8-24)19(26)25-9-15-12(2)18(20)13(3)23-16(15)10-25/h6-7,14H,4-5,8-10H2,1-3H3. The van der Waals surface area contributed by atoms with Gasteiger partial charge in [0.25, 0.3) is 0 Å². The van der Waals surface area contributed by atoms with Gasteiger partial charge in [0.15, 0.2) is 0 Å². The first-order valence-corrected chi connectivity index (χ1v) is 9.28. The molecule has 0 spiro atoms. The van der Waals surface area contributed by atoms with Crippen molar-refractivity contribution in [3.05, 3.63) is 45.6 Å². The van der Waals surface area contributed by atoms with E-state index in [1.165, 1.54) is 0 Å². The lowest BCUT2D eigenvalue weighted by molar-refractivity contribution is -0.135. The van der Waals surface area contributed by atoms with Crippen LogP contribution in [0.2, 0.25) is 5.02 Å². The van der Waals surface area contributed by atoms with Gasteiger partial charge in [-0.2, -0.15) is 0 Å². The Morgan fingerprint density at radius 3 is 2.73 bits per heavy atom. The summed E-state index contributed by atoms with van der Waals surface area (Å²) in [7, 11) is 0. The van der Waals surface area contributed by atoms with Crippen LogP contribution in [0.15, 0.2) is 12.4 Å². The Bertz CT molecular complexity index is 867. The highest BCUT2D eigenvalue weighted by Gasteiger charge is 2.35. The van der Waals surface area contributed by atoms with Crippen LogP contribution in [0.5, 0.6) is 0 Å². The molecular formula is C19H22ClN5O. The van der Waals surface area contributed by atoms with Gasteiger partial charge >= 0.3 is 0 Å². The third-order valence-corrected chi connectivity index (χ3v) is 5.94. The van der Waals surface area contributed by atoms with Crippen molar-refractivity contribution in [2.24, 2.45) is 5.92 Å². The summed E-state index contributed by atoms with van der Waals surface area (Å²) in [5, 5.41) is 0.711. The van der Waals surface area contributed by atoms with E-state index in [-0.39, 0.29) is 11.8 Å². The van der Waals surface area contributed by atoms with Crippen LogP contribution in [-0.2, 0) is 17.9 Å². The zero-order valence-electron chi connectivity index (χ0n) is 15.3. The lowest BCUT2D eigenvalue weighted by Crippen LogP contribution is -2.34. The molecule has 4 heterocycles. The quantitative estimate of drug-likeness (QED) is 0.812. The predicted octanol–water partition coefficient (Wildman–Crippen LogP) is 2.82. The van der Waals surface area contributed by atoms with Crippen molar-refractivity contribution in [2.75, 3.05) is 18.0 Å². The minimum absolute atomic E-state index is 0.00992. The van der Waals surface area contributed by atoms with Crippen molar-refractivity contribution < 1.29 is 4.79 Å². The van der Waals surface area contributed by atoms with Gasteiger partial charge in [-0.1, -0.05) is 11.6 Å². The van der Waals surface area contributed by atoms with Crippen LogP contribution in [0.1, 0.15) is 34.6 Å². The van der Waals surface area contributed by atoms with Gasteiger partial charge < -0.3 is 9.80 Å². The minimum atomic E-state index is -0.00992. The molecule has 136 valence electrons. The number of carbonyl (C=O) groups is 1. The fourth-order valence-corrected chi connectivity index (χ4v) is 4.00. The van der Waals surface area contributed by atoms with Crippen LogP contribution < -0.4 is 4.90 Å². The summed E-state index contributed by atoms with van der Waals surface area (Å²) in [6.07, 6.45) is 4.39. The smallest absolute Gasteiger partial charge is 0.228 e. The zero-order chi connectivity index (χ0) is 18.4. The van der Waals surface area contributed by atoms with Gasteiger partial charge in [0.2, 0.25) is 5.91 Å². The Labute approximate surface area is 158 Å². The largest absolute Gasteiger partial charge is 0.355 e. The normalized spacial score (nSPS) is 19.2. The molecule has 2 aliphatic rings. The maximum absolute atomic E-state index is 13.0. The van der Waals surface area contributed by atoms with Crippen molar-refractivity contribution in [3.63, 3.8) is 0 Å². The zero-order valence-corrected chi connectivity index (χ0v) is 16.0. The molecule has 1 saturated heterocycles. The summed E-state index contributed by atoms with van der Waals surface area (Å²) in [6, 6.07) is 0. The summed E-state index contributed by atoms with van der Waals surface area (Å²) >= 11 is 6.33. The first-order chi connectivity index (χ1) is 12.4. The summed E-state index contributed by atoms with van der Waals surface area (Å²) < 4.78 is 0. The molecule has 0 aliphatic carbocycles. The van der Waals surface area contributed by atoms with Crippen LogP contribution in [0.4, 0.5) is 5.82 Å². The van der Waals surface area contributed by atoms with Crippen molar-refractivity contribution in [2.45, 2.75) is 40.3 Å². The number of halogens is 1. The molecule has 1 fully saturated rings. The second-order valence-corrected chi connectivity index (χ2v) is 7.58. The molecule has 1 atom stereocenters. The Balaban J connectivity index is 1.46. The van der Waals surface area contributed by atoms with E-state index in [0.29, 0.717) is 24.7 Å². The number of fused-ring (bicyclic) bond motifs is 1. The molecule has 2 aromatic heterocycles. The second-order valence-electron chi connectivity index (χ2n) is 7.20. The third-order valence-electron chi connectivity index (χ3n) is 5.38. The number of rotatable bonds is 2. The van der Waals surface area contributed by atoms with Crippen molar-refractivity contribution in [3.8, 4) is 0 Å². The topological polar surface area (TPSA) is 62.2 Å². The van der Waals surface area contributed by atoms with Gasteiger partial charge in [-0.15, -0.1) is 0 Å². The van der Waals surface area contributed by atoms with Crippen LogP contribution in [0.3, 0.4) is 0 Å². The van der Waals surface area contributed by atoms with Crippen LogP contribution in [-0.4, -0.2) is 38.8 Å². The molecule has 0 aromatic carbocycles. The maximum Gasteiger partial charge on any atom is 0.228 e. The van der Waals surface area contributed by atoms with Gasteiger partial charge in [-0.25, -0.2) is 4.98 Å². The summed E-state index contributed by atoms with van der Waals surface area (Å²) in [5.74, 6) is 1.03. The highest BCUT2D eigenvalue weighted by molar-refractivity contribution is 6.32. The Kier molecular flexibility index (Phi) is 4.31. The van der Waals surface area contributed by atoms with E-state index < -0.39 is 0 Å². The molecule has 1 amide bonds. The molecule has 7 heteroatoms. The SMILES string of the molecule is Cc1cnc(N2CCC(C(=O)N3Cc4nc(C)c(Cl)c(C)c4C3)C2)cn1. The summed E-state index contributed by atoms with van der Waals surface area (Å²) in [4.78, 5) is 30.4. The fourth-order valence-electron chi connectivity index (χ4n) is 3.84. The average Bonchev–Trinajstić information content (AvgIpc) is 3.27. The fraction of sp³-hybridized carbons (Fsp3) is 0.474. The van der Waals surface area contributed by atoms with Gasteiger partial charge in [0.05, 0.1) is 47.0 Å². The Hall–Kier alpha value is -2.21. The van der Waals surface area contributed by atoms with Crippen molar-refractivity contribution in [1.29, 1.82) is 0 Å². The number of nitrogens with zero attached hydrogens (tertiary/aromatic N) is 5. The number of pyridine rings is 1. The van der Waals surface area contributed by atoms with E-state index in [0.717, 1.165) is 47.0 Å². The molecule has 0 saturated carbocycles. The average molecular weight is 372 g/mol. The van der Waals surface area contributed by atoms with E-state index in [1.807, 2.05) is 25.7 Å². The number of hydrogen-bond acceptors (Lipinski definition) is 5. The number of aryl methyl sites for hydroxylation is 2. The van der Waals surface area contributed by atoms with E-state index in [9.17, 15) is 4.79 Å². The summed E-state index contributed by atoms with van der Waals surface area (Å²) in [5.41, 5.74) is 4.87. The highest BCUT2D eigenvalue weighted by Crippen LogP contribution is 2.32. The lowest BCUT2D eigenvalue weighted by Gasteiger charge is -2.21. The number of aromatic nitrogens is 3. The molecule has 1 unspecified atom stereocenters. The summed E-state index contributed by atoms with van der Waals surface area (Å²) in [6.45, 7) is 8.55. The molecule has 6 nitrogen and oxygen atoms in total. The maximum atomic E-state index is 13.0. The van der Waals surface area contributed by atoms with E-state index in [4.69, 9.17) is 11.6 Å². The molecule has 4 rings (SSSR count). The minimum Gasteiger partial charge on any atom is -0.355 e. The van der Waals surface area contributed by atoms with E-state index >= 15 is 0 Å². The van der Waals surface area contributed by atoms with E-state index in [1.54, 1.807) is 12.4 Å². The number of anilines is 1. The molecule has 2 aromatic rings. The Morgan fingerprint density at radius 2 is 2.00 bits per heavy atom. The highest BCUT2D eigenvalue weighted by atomic mass is 35.5. The van der Waals surface area contributed by atoms with Crippen LogP contribution in [0.25, 0.3) is 0 Å². The van der Waals surface area contributed by atoms with E-state index in [2.05, 4.69) is 19.9 Å². The lowest BCUT2D eigenvalue weighted by atomic mass is 10.1. The molecule has 0 N–H and O–H groups in total. The van der Waals surface area contributed by atoms with Crippen molar-refractivity contribution in [1.82, 2.24) is 19.9 Å². The van der Waals surface area contributed by atoms with Gasteiger partial charge in [0.1, 0.15) is 5.82 Å². The molecule has 26 heavy (non-hydrogen) atoms. The van der Waals surface area contributed by atoms with Gasteiger partial charge in [0, 0.05) is 19.6 Å². The molecule has 0 radical (unpaired) electrons. The van der Waals surface area contributed by atoms with Crippen molar-refractivity contribution >= 4 is 23.3 Å². The molecule has 2 aliphatic heterocycles. The van der Waals surface area contributed by atoms with Gasteiger partial charge in [-0.3, -0.25) is 14.8 Å². The number of amides is 1. The third kappa shape index (κ3) is 2.92. The van der Waals surface area contributed by atoms with Crippen LogP contribution in [0, 0.1) is 26.7 Å². The van der Waals surface area contributed by atoms with Crippen LogP contribution >= 0.6 is 11.6 Å². The first-order valence-electron chi connectivity index (χ1n) is 8.91. The monoisotopic (exact) mass is 371 g/mol. The number of carbonyl (C=O) groups excluding carboxylic acids is 1. The Morgan fingerprint density at radius 1 is 1.19 bits per heavy atom. The molecular weight excluding hydrogens is 350 g/mol. The van der Waals surface area contributed by atoms with Gasteiger partial charge in [-0.05, 0) is 38.3 Å². The predicted molar refractivity (Wildman–Crippen MR) is 100 cm³/mol. The molecule has 0 bridgehead atoms.